The van der Waals surface area contributed by atoms with Crippen LogP contribution in [0, 0.1) is 6.92 Å². The lowest BCUT2D eigenvalue weighted by Crippen LogP contribution is -2.29. The van der Waals surface area contributed by atoms with Crippen molar-refractivity contribution >= 4 is 9.84 Å². The molecular formula is C12H19NO3S. The molecule has 4 nitrogen and oxygen atoms in total. The van der Waals surface area contributed by atoms with E-state index in [4.69, 9.17) is 4.74 Å². The molecule has 5 heteroatoms. The van der Waals surface area contributed by atoms with Crippen LogP contribution in [0.25, 0.3) is 0 Å². The average Bonchev–Trinajstić information content (AvgIpc) is 2.19. The van der Waals surface area contributed by atoms with Gasteiger partial charge in [0.05, 0.1) is 17.6 Å². The van der Waals surface area contributed by atoms with E-state index in [2.05, 4.69) is 4.98 Å². The number of ether oxygens (including phenoxy) is 1. The lowest BCUT2D eigenvalue weighted by Gasteiger charge is -2.19. The van der Waals surface area contributed by atoms with Gasteiger partial charge < -0.3 is 4.74 Å². The zero-order chi connectivity index (χ0) is 13.3. The fourth-order valence-electron chi connectivity index (χ4n) is 1.24. The van der Waals surface area contributed by atoms with Gasteiger partial charge in [0.15, 0.2) is 9.84 Å². The van der Waals surface area contributed by atoms with Crippen LogP contribution in [0.5, 0.6) is 5.88 Å². The fraction of sp³-hybridized carbons (Fsp3) is 0.583. The third-order valence-electron chi connectivity index (χ3n) is 2.68. The highest BCUT2D eigenvalue weighted by molar-refractivity contribution is 7.91. The van der Waals surface area contributed by atoms with Gasteiger partial charge in [-0.15, -0.1) is 0 Å². The number of sulfone groups is 1. The first-order valence-corrected chi connectivity index (χ1v) is 7.04. The highest BCUT2D eigenvalue weighted by Crippen LogP contribution is 2.23. The minimum atomic E-state index is -3.17. The Hall–Kier alpha value is -1.10. The maximum Gasteiger partial charge on any atom is 0.213 e. The molecule has 0 fully saturated rings. The van der Waals surface area contributed by atoms with Gasteiger partial charge in [-0.05, 0) is 38.8 Å². The summed E-state index contributed by atoms with van der Waals surface area (Å²) >= 11 is 0. The smallest absolute Gasteiger partial charge is 0.213 e. The Morgan fingerprint density at radius 2 is 1.94 bits per heavy atom. The molecule has 96 valence electrons. The standard InChI is InChI=1S/C12H19NO3S/c1-9-6-11(16-5)13-7-10(9)8-17(14,15)12(2,3)4/h6-7H,8H2,1-5H3. The van der Waals surface area contributed by atoms with Gasteiger partial charge in [-0.2, -0.15) is 0 Å². The number of nitrogens with zero attached hydrogens (tertiary/aromatic N) is 1. The Kier molecular flexibility index (Phi) is 3.81. The molecule has 0 aromatic carbocycles. The second-order valence-corrected chi connectivity index (χ2v) is 7.77. The van der Waals surface area contributed by atoms with Crippen LogP contribution in [0.3, 0.4) is 0 Å². The predicted octanol–water partition coefficient (Wildman–Crippen LogP) is 2.11. The molecule has 0 atom stereocenters. The summed E-state index contributed by atoms with van der Waals surface area (Å²) in [5.41, 5.74) is 1.60. The molecule has 1 aromatic heterocycles. The summed E-state index contributed by atoms with van der Waals surface area (Å²) in [6.07, 6.45) is 1.57. The Balaban J connectivity index is 3.05. The topological polar surface area (TPSA) is 56.3 Å². The van der Waals surface area contributed by atoms with Crippen LogP contribution >= 0.6 is 0 Å². The Morgan fingerprint density at radius 1 is 1.35 bits per heavy atom. The second kappa shape index (κ2) is 4.64. The normalized spacial score (nSPS) is 12.5. The fourth-order valence-corrected chi connectivity index (χ4v) is 2.39. The number of hydrogen-bond acceptors (Lipinski definition) is 4. The van der Waals surface area contributed by atoms with Crippen molar-refractivity contribution in [3.63, 3.8) is 0 Å². The van der Waals surface area contributed by atoms with Gasteiger partial charge in [0.1, 0.15) is 0 Å². The van der Waals surface area contributed by atoms with Crippen molar-refractivity contribution in [2.45, 2.75) is 38.2 Å². The summed E-state index contributed by atoms with van der Waals surface area (Å²) in [7, 11) is -1.64. The highest BCUT2D eigenvalue weighted by Gasteiger charge is 2.29. The van der Waals surface area contributed by atoms with Gasteiger partial charge >= 0.3 is 0 Å². The summed E-state index contributed by atoms with van der Waals surface area (Å²) < 4.78 is 28.4. The average molecular weight is 257 g/mol. The minimum absolute atomic E-state index is 0.0132. The molecule has 0 spiro atoms. The molecule has 0 amide bonds. The van der Waals surface area contributed by atoms with Gasteiger partial charge in [-0.25, -0.2) is 13.4 Å². The molecule has 0 radical (unpaired) electrons. The molecular weight excluding hydrogens is 238 g/mol. The van der Waals surface area contributed by atoms with Gasteiger partial charge in [0.2, 0.25) is 5.88 Å². The largest absolute Gasteiger partial charge is 0.481 e. The van der Waals surface area contributed by atoms with Crippen molar-refractivity contribution in [3.8, 4) is 5.88 Å². The molecule has 0 saturated carbocycles. The molecule has 0 aliphatic rings. The van der Waals surface area contributed by atoms with Crippen LogP contribution in [0.2, 0.25) is 0 Å². The SMILES string of the molecule is COc1cc(C)c(CS(=O)(=O)C(C)(C)C)cn1. The first kappa shape index (κ1) is 14.0. The van der Waals surface area contributed by atoms with Crippen molar-refractivity contribution < 1.29 is 13.2 Å². The summed E-state index contributed by atoms with van der Waals surface area (Å²) in [4.78, 5) is 4.04. The molecule has 1 rings (SSSR count). The molecule has 0 unspecified atom stereocenters. The molecule has 17 heavy (non-hydrogen) atoms. The van der Waals surface area contributed by atoms with Crippen molar-refractivity contribution in [3.05, 3.63) is 23.4 Å². The lowest BCUT2D eigenvalue weighted by molar-refractivity contribution is 0.397. The quantitative estimate of drug-likeness (QED) is 0.832. The molecule has 0 aliphatic heterocycles. The predicted molar refractivity (Wildman–Crippen MR) is 67.9 cm³/mol. The van der Waals surface area contributed by atoms with E-state index in [0.717, 1.165) is 11.1 Å². The van der Waals surface area contributed by atoms with E-state index in [1.54, 1.807) is 33.0 Å². The van der Waals surface area contributed by atoms with Crippen LogP contribution in [-0.2, 0) is 15.6 Å². The molecule has 1 aromatic rings. The molecule has 1 heterocycles. The van der Waals surface area contributed by atoms with E-state index in [-0.39, 0.29) is 5.75 Å². The number of methoxy groups -OCH3 is 1. The van der Waals surface area contributed by atoms with E-state index >= 15 is 0 Å². The second-order valence-electron chi connectivity index (χ2n) is 5.02. The number of hydrogen-bond donors (Lipinski definition) is 0. The Bertz CT molecular complexity index is 501. The Labute approximate surface area is 103 Å². The van der Waals surface area contributed by atoms with Crippen LogP contribution in [-0.4, -0.2) is 25.3 Å². The summed E-state index contributed by atoms with van der Waals surface area (Å²) in [5.74, 6) is 0.513. The third kappa shape index (κ3) is 3.19. The van der Waals surface area contributed by atoms with Gasteiger partial charge in [-0.3, -0.25) is 0 Å². The first-order valence-electron chi connectivity index (χ1n) is 5.39. The zero-order valence-corrected chi connectivity index (χ0v) is 11.8. The molecule has 0 bridgehead atoms. The zero-order valence-electron chi connectivity index (χ0n) is 10.9. The number of aryl methyl sites for hydroxylation is 1. The van der Waals surface area contributed by atoms with E-state index in [9.17, 15) is 8.42 Å². The van der Waals surface area contributed by atoms with Crippen LogP contribution in [0.4, 0.5) is 0 Å². The van der Waals surface area contributed by atoms with Gasteiger partial charge in [0, 0.05) is 12.3 Å². The van der Waals surface area contributed by atoms with Crippen molar-refractivity contribution in [2.75, 3.05) is 7.11 Å². The maximum absolute atomic E-state index is 12.1. The lowest BCUT2D eigenvalue weighted by atomic mass is 10.2. The van der Waals surface area contributed by atoms with Crippen LogP contribution in [0.1, 0.15) is 31.9 Å². The van der Waals surface area contributed by atoms with Crippen molar-refractivity contribution in [1.29, 1.82) is 0 Å². The summed E-state index contributed by atoms with van der Waals surface area (Å²) in [6.45, 7) is 6.97. The molecule has 0 N–H and O–H groups in total. The van der Waals surface area contributed by atoms with Gasteiger partial charge in [0.25, 0.3) is 0 Å². The third-order valence-corrected chi connectivity index (χ3v) is 5.24. The van der Waals surface area contributed by atoms with Crippen LogP contribution < -0.4 is 4.74 Å². The van der Waals surface area contributed by atoms with Crippen molar-refractivity contribution in [1.82, 2.24) is 4.98 Å². The molecule has 0 saturated heterocycles. The van der Waals surface area contributed by atoms with E-state index in [1.807, 2.05) is 6.92 Å². The van der Waals surface area contributed by atoms with Crippen LogP contribution in [0.15, 0.2) is 12.3 Å². The highest BCUT2D eigenvalue weighted by atomic mass is 32.2. The number of rotatable bonds is 3. The van der Waals surface area contributed by atoms with Crippen molar-refractivity contribution in [2.24, 2.45) is 0 Å². The van der Waals surface area contributed by atoms with Gasteiger partial charge in [-0.1, -0.05) is 0 Å². The summed E-state index contributed by atoms with van der Waals surface area (Å²) in [6, 6.07) is 1.74. The summed E-state index contributed by atoms with van der Waals surface area (Å²) in [5, 5.41) is 0. The Morgan fingerprint density at radius 3 is 2.35 bits per heavy atom. The minimum Gasteiger partial charge on any atom is -0.481 e. The van der Waals surface area contributed by atoms with E-state index < -0.39 is 14.6 Å². The monoisotopic (exact) mass is 257 g/mol. The first-order chi connectivity index (χ1) is 7.67. The van der Waals surface area contributed by atoms with E-state index in [1.165, 1.54) is 7.11 Å². The molecule has 0 aliphatic carbocycles. The number of pyridine rings is 1. The van der Waals surface area contributed by atoms with E-state index in [0.29, 0.717) is 5.88 Å². The maximum atomic E-state index is 12.1. The number of aromatic nitrogens is 1.